The van der Waals surface area contributed by atoms with Crippen LogP contribution < -0.4 is 5.32 Å². The fourth-order valence-corrected chi connectivity index (χ4v) is 2.20. The third-order valence-corrected chi connectivity index (χ3v) is 3.14. The molecule has 1 fully saturated rings. The minimum Gasteiger partial charge on any atom is -0.392 e. The molecule has 0 radical (unpaired) electrons. The Labute approximate surface area is 95.2 Å². The van der Waals surface area contributed by atoms with Crippen molar-refractivity contribution in [3.05, 3.63) is 12.2 Å². The summed E-state index contributed by atoms with van der Waals surface area (Å²) < 4.78 is 4.66. The van der Waals surface area contributed by atoms with Crippen molar-refractivity contribution in [3.63, 3.8) is 0 Å². The second kappa shape index (κ2) is 5.96. The Hall–Kier alpha value is -0.940. The Bertz CT molecular complexity index is 289. The molecule has 1 aliphatic carbocycles. The van der Waals surface area contributed by atoms with E-state index in [0.717, 1.165) is 38.1 Å². The summed E-state index contributed by atoms with van der Waals surface area (Å²) in [5, 5.41) is 17.0. The molecular weight excluding hydrogens is 206 g/mol. The second-order valence-electron chi connectivity index (χ2n) is 4.36. The summed E-state index contributed by atoms with van der Waals surface area (Å²) in [6.45, 7) is 0.793. The zero-order valence-electron chi connectivity index (χ0n) is 9.43. The largest absolute Gasteiger partial charge is 0.392 e. The molecule has 90 valence electrons. The van der Waals surface area contributed by atoms with Crippen molar-refractivity contribution in [2.24, 2.45) is 0 Å². The SMILES string of the molecule is OC1CCCCCC1NCCc1ncon1. The van der Waals surface area contributed by atoms with Crippen LogP contribution in [0.5, 0.6) is 0 Å². The molecule has 0 aromatic carbocycles. The van der Waals surface area contributed by atoms with E-state index in [1.807, 2.05) is 0 Å². The lowest BCUT2D eigenvalue weighted by Gasteiger charge is -2.21. The minimum absolute atomic E-state index is 0.201. The van der Waals surface area contributed by atoms with Crippen LogP contribution in [0.2, 0.25) is 0 Å². The molecule has 0 bridgehead atoms. The van der Waals surface area contributed by atoms with Gasteiger partial charge in [-0.2, -0.15) is 4.98 Å². The molecule has 1 aliphatic rings. The monoisotopic (exact) mass is 225 g/mol. The molecule has 2 N–H and O–H groups in total. The third kappa shape index (κ3) is 3.28. The molecule has 2 atom stereocenters. The summed E-state index contributed by atoms with van der Waals surface area (Å²) in [6.07, 6.45) is 7.46. The summed E-state index contributed by atoms with van der Waals surface area (Å²) >= 11 is 0. The van der Waals surface area contributed by atoms with Gasteiger partial charge in [0.15, 0.2) is 5.82 Å². The number of nitrogens with zero attached hydrogens (tertiary/aromatic N) is 2. The van der Waals surface area contributed by atoms with Crippen molar-refractivity contribution in [2.75, 3.05) is 6.54 Å². The Kier molecular flexibility index (Phi) is 4.30. The molecular formula is C11H19N3O2. The van der Waals surface area contributed by atoms with E-state index in [9.17, 15) is 5.11 Å². The molecule has 1 aromatic rings. The highest BCUT2D eigenvalue weighted by atomic mass is 16.5. The average molecular weight is 225 g/mol. The summed E-state index contributed by atoms with van der Waals surface area (Å²) in [5.41, 5.74) is 0. The van der Waals surface area contributed by atoms with Gasteiger partial charge in [-0.1, -0.05) is 24.4 Å². The molecule has 1 saturated carbocycles. The molecule has 0 saturated heterocycles. The van der Waals surface area contributed by atoms with Crippen LogP contribution in [0, 0.1) is 0 Å². The Morgan fingerprint density at radius 1 is 1.38 bits per heavy atom. The molecule has 16 heavy (non-hydrogen) atoms. The highest BCUT2D eigenvalue weighted by Gasteiger charge is 2.20. The van der Waals surface area contributed by atoms with Gasteiger partial charge in [-0.3, -0.25) is 0 Å². The van der Waals surface area contributed by atoms with Crippen molar-refractivity contribution in [1.82, 2.24) is 15.5 Å². The number of aliphatic hydroxyl groups excluding tert-OH is 1. The lowest BCUT2D eigenvalue weighted by atomic mass is 10.1. The number of rotatable bonds is 4. The van der Waals surface area contributed by atoms with Crippen molar-refractivity contribution >= 4 is 0 Å². The van der Waals surface area contributed by atoms with E-state index in [-0.39, 0.29) is 12.1 Å². The first-order chi connectivity index (χ1) is 7.86. The predicted molar refractivity (Wildman–Crippen MR) is 58.9 cm³/mol. The van der Waals surface area contributed by atoms with E-state index in [1.54, 1.807) is 0 Å². The molecule has 1 heterocycles. The number of nitrogens with one attached hydrogen (secondary N) is 1. The van der Waals surface area contributed by atoms with Crippen molar-refractivity contribution in [1.29, 1.82) is 0 Å². The van der Waals surface area contributed by atoms with Crippen LogP contribution in [0.15, 0.2) is 10.9 Å². The first kappa shape index (κ1) is 11.5. The smallest absolute Gasteiger partial charge is 0.213 e. The lowest BCUT2D eigenvalue weighted by molar-refractivity contribution is 0.120. The van der Waals surface area contributed by atoms with E-state index in [4.69, 9.17) is 0 Å². The van der Waals surface area contributed by atoms with Crippen LogP contribution >= 0.6 is 0 Å². The van der Waals surface area contributed by atoms with Crippen molar-refractivity contribution < 1.29 is 9.63 Å². The van der Waals surface area contributed by atoms with Crippen LogP contribution in [0.25, 0.3) is 0 Å². The van der Waals surface area contributed by atoms with Gasteiger partial charge in [-0.15, -0.1) is 0 Å². The Morgan fingerprint density at radius 2 is 2.25 bits per heavy atom. The van der Waals surface area contributed by atoms with Gasteiger partial charge < -0.3 is 14.9 Å². The predicted octanol–water partition coefficient (Wildman–Crippen LogP) is 0.895. The maximum Gasteiger partial charge on any atom is 0.213 e. The number of aromatic nitrogens is 2. The normalized spacial score (nSPS) is 26.6. The molecule has 1 aromatic heterocycles. The zero-order chi connectivity index (χ0) is 11.2. The molecule has 0 amide bonds. The highest BCUT2D eigenvalue weighted by molar-refractivity contribution is 4.83. The Balaban J connectivity index is 1.71. The average Bonchev–Trinajstić information content (AvgIpc) is 2.71. The second-order valence-corrected chi connectivity index (χ2v) is 4.36. The van der Waals surface area contributed by atoms with Crippen LogP contribution in [0.3, 0.4) is 0 Å². The van der Waals surface area contributed by atoms with Crippen LogP contribution in [-0.2, 0) is 6.42 Å². The number of hydrogen-bond donors (Lipinski definition) is 2. The van der Waals surface area contributed by atoms with Gasteiger partial charge >= 0.3 is 0 Å². The van der Waals surface area contributed by atoms with Gasteiger partial charge in [0.2, 0.25) is 6.39 Å². The fourth-order valence-electron chi connectivity index (χ4n) is 2.20. The van der Waals surface area contributed by atoms with Crippen LogP contribution in [-0.4, -0.2) is 33.9 Å². The van der Waals surface area contributed by atoms with E-state index in [1.165, 1.54) is 19.2 Å². The first-order valence-electron chi connectivity index (χ1n) is 6.03. The maximum atomic E-state index is 9.89. The fraction of sp³-hybridized carbons (Fsp3) is 0.818. The summed E-state index contributed by atoms with van der Waals surface area (Å²) in [6, 6.07) is 0.231. The van der Waals surface area contributed by atoms with E-state index < -0.39 is 0 Å². The van der Waals surface area contributed by atoms with E-state index in [2.05, 4.69) is 20.0 Å². The van der Waals surface area contributed by atoms with Crippen molar-refractivity contribution in [2.45, 2.75) is 50.7 Å². The maximum absolute atomic E-state index is 9.89. The minimum atomic E-state index is -0.201. The molecule has 5 nitrogen and oxygen atoms in total. The zero-order valence-corrected chi connectivity index (χ0v) is 9.43. The third-order valence-electron chi connectivity index (χ3n) is 3.14. The highest BCUT2D eigenvalue weighted by Crippen LogP contribution is 2.17. The van der Waals surface area contributed by atoms with Crippen molar-refractivity contribution in [3.8, 4) is 0 Å². The first-order valence-corrected chi connectivity index (χ1v) is 6.03. The van der Waals surface area contributed by atoms with Gasteiger partial charge in [0.05, 0.1) is 6.10 Å². The molecule has 0 spiro atoms. The quantitative estimate of drug-likeness (QED) is 0.745. The Morgan fingerprint density at radius 3 is 3.06 bits per heavy atom. The molecule has 2 rings (SSSR count). The number of aliphatic hydroxyl groups is 1. The van der Waals surface area contributed by atoms with E-state index in [0.29, 0.717) is 0 Å². The summed E-state index contributed by atoms with van der Waals surface area (Å²) in [4.78, 5) is 3.96. The van der Waals surface area contributed by atoms with Gasteiger partial charge in [0.1, 0.15) is 0 Å². The topological polar surface area (TPSA) is 71.2 Å². The van der Waals surface area contributed by atoms with Gasteiger partial charge in [-0.25, -0.2) is 0 Å². The van der Waals surface area contributed by atoms with Crippen LogP contribution in [0.4, 0.5) is 0 Å². The van der Waals surface area contributed by atoms with Gasteiger partial charge in [0.25, 0.3) is 0 Å². The molecule has 2 unspecified atom stereocenters. The lowest BCUT2D eigenvalue weighted by Crippen LogP contribution is -2.40. The van der Waals surface area contributed by atoms with Gasteiger partial charge in [0, 0.05) is 19.0 Å². The summed E-state index contributed by atoms with van der Waals surface area (Å²) in [5.74, 6) is 0.718. The van der Waals surface area contributed by atoms with Gasteiger partial charge in [-0.05, 0) is 12.8 Å². The number of hydrogen-bond acceptors (Lipinski definition) is 5. The summed E-state index contributed by atoms with van der Waals surface area (Å²) in [7, 11) is 0. The molecule has 5 heteroatoms. The molecule has 0 aliphatic heterocycles. The van der Waals surface area contributed by atoms with Crippen LogP contribution in [0.1, 0.15) is 37.9 Å². The van der Waals surface area contributed by atoms with E-state index >= 15 is 0 Å². The standard InChI is InChI=1S/C11H19N3O2/c15-10-5-3-1-2-4-9(10)12-7-6-11-13-8-16-14-11/h8-10,12,15H,1-7H2.